The summed E-state index contributed by atoms with van der Waals surface area (Å²) in [5.74, 6) is 0. The maximum Gasteiger partial charge on any atom is 0.326 e. The molecule has 0 spiro atoms. The zero-order valence-corrected chi connectivity index (χ0v) is 7.65. The van der Waals surface area contributed by atoms with Crippen LogP contribution < -0.4 is 11.2 Å². The van der Waals surface area contributed by atoms with Crippen molar-refractivity contribution in [2.24, 2.45) is 0 Å². The van der Waals surface area contributed by atoms with Crippen LogP contribution in [0.3, 0.4) is 0 Å². The van der Waals surface area contributed by atoms with Gasteiger partial charge in [-0.2, -0.15) is 0 Å². The van der Waals surface area contributed by atoms with Crippen LogP contribution in [-0.2, 0) is 0 Å². The highest BCUT2D eigenvalue weighted by Gasteiger charge is 2.06. The highest BCUT2D eigenvalue weighted by molar-refractivity contribution is 5.92. The van der Waals surface area contributed by atoms with Crippen LogP contribution in [0, 0.1) is 0 Å². The molecule has 5 heteroatoms. The molecule has 0 saturated carbocycles. The maximum atomic E-state index is 11.5. The Hall–Kier alpha value is -2.30. The third kappa shape index (κ3) is 1.03. The molecule has 3 heterocycles. The van der Waals surface area contributed by atoms with Crippen LogP contribution >= 0.6 is 0 Å². The van der Waals surface area contributed by atoms with E-state index in [0.717, 1.165) is 5.52 Å². The van der Waals surface area contributed by atoms with E-state index in [2.05, 4.69) is 9.97 Å². The Morgan fingerprint density at radius 2 is 2.00 bits per heavy atom. The normalized spacial score (nSPS) is 11.2. The van der Waals surface area contributed by atoms with Crippen molar-refractivity contribution in [3.63, 3.8) is 0 Å². The van der Waals surface area contributed by atoms with Gasteiger partial charge in [-0.15, -0.1) is 0 Å². The summed E-state index contributed by atoms with van der Waals surface area (Å²) in [6.45, 7) is 0. The van der Waals surface area contributed by atoms with E-state index in [0.29, 0.717) is 10.9 Å². The molecule has 3 rings (SSSR count). The first kappa shape index (κ1) is 8.05. The van der Waals surface area contributed by atoms with Gasteiger partial charge in [-0.3, -0.25) is 9.78 Å². The topological polar surface area (TPSA) is 70.1 Å². The monoisotopic (exact) mass is 201 g/mol. The lowest BCUT2D eigenvalue weighted by Gasteiger charge is -1.91. The van der Waals surface area contributed by atoms with E-state index in [1.165, 1.54) is 0 Å². The van der Waals surface area contributed by atoms with Crippen LogP contribution in [0.1, 0.15) is 0 Å². The van der Waals surface area contributed by atoms with Crippen LogP contribution in [0.4, 0.5) is 0 Å². The minimum absolute atomic E-state index is 0.363. The van der Waals surface area contributed by atoms with Gasteiger partial charge >= 0.3 is 5.69 Å². The molecule has 0 aliphatic carbocycles. The molecule has 15 heavy (non-hydrogen) atoms. The fraction of sp³-hybridized carbons (Fsp3) is 0. The summed E-state index contributed by atoms with van der Waals surface area (Å²) in [6, 6.07) is 5.56. The Balaban J connectivity index is 2.73. The first-order valence-electron chi connectivity index (χ1n) is 4.48. The van der Waals surface area contributed by atoms with E-state index in [4.69, 9.17) is 0 Å². The summed E-state index contributed by atoms with van der Waals surface area (Å²) < 4.78 is 1.80. The smallest absolute Gasteiger partial charge is 0.321 e. The van der Waals surface area contributed by atoms with Crippen LogP contribution in [0.15, 0.2) is 40.2 Å². The van der Waals surface area contributed by atoms with Crippen molar-refractivity contribution in [1.29, 1.82) is 0 Å². The average Bonchev–Trinajstić information content (AvgIpc) is 2.57. The van der Waals surface area contributed by atoms with Crippen molar-refractivity contribution in [3.8, 4) is 0 Å². The van der Waals surface area contributed by atoms with Gasteiger partial charge in [0.25, 0.3) is 5.56 Å². The van der Waals surface area contributed by atoms with Crippen molar-refractivity contribution in [1.82, 2.24) is 14.4 Å². The van der Waals surface area contributed by atoms with Crippen molar-refractivity contribution in [2.45, 2.75) is 0 Å². The molecule has 3 aromatic rings. The van der Waals surface area contributed by atoms with E-state index >= 15 is 0 Å². The Labute approximate surface area is 83.0 Å². The molecular formula is C10H7N3O2. The molecule has 3 aromatic heterocycles. The molecule has 0 unspecified atom stereocenters. The lowest BCUT2D eigenvalue weighted by molar-refractivity contribution is 1.09. The summed E-state index contributed by atoms with van der Waals surface area (Å²) in [4.78, 5) is 27.4. The molecule has 0 fully saturated rings. The van der Waals surface area contributed by atoms with Crippen LogP contribution in [0.2, 0.25) is 0 Å². The molecule has 74 valence electrons. The number of hydrogen-bond acceptors (Lipinski definition) is 2. The van der Waals surface area contributed by atoms with Crippen molar-refractivity contribution in [3.05, 3.63) is 51.4 Å². The largest absolute Gasteiger partial charge is 0.326 e. The Bertz CT molecular complexity index is 763. The van der Waals surface area contributed by atoms with E-state index in [9.17, 15) is 9.59 Å². The third-order valence-electron chi connectivity index (χ3n) is 2.39. The van der Waals surface area contributed by atoms with E-state index in [-0.39, 0.29) is 5.56 Å². The number of hydrogen-bond donors (Lipinski definition) is 2. The van der Waals surface area contributed by atoms with Crippen LogP contribution in [-0.4, -0.2) is 14.4 Å². The minimum atomic E-state index is -0.482. The summed E-state index contributed by atoms with van der Waals surface area (Å²) in [7, 11) is 0. The molecule has 0 bridgehead atoms. The number of pyridine rings is 1. The molecule has 0 atom stereocenters. The summed E-state index contributed by atoms with van der Waals surface area (Å²) >= 11 is 0. The summed E-state index contributed by atoms with van der Waals surface area (Å²) in [5.41, 5.74) is 0.543. The molecule has 0 aliphatic heterocycles. The van der Waals surface area contributed by atoms with Gasteiger partial charge in [0.1, 0.15) is 0 Å². The molecule has 0 radical (unpaired) electrons. The summed E-state index contributed by atoms with van der Waals surface area (Å²) in [6.07, 6.45) is 3.52. The Morgan fingerprint density at radius 1 is 1.13 bits per heavy atom. The Morgan fingerprint density at radius 3 is 2.87 bits per heavy atom. The second-order valence-corrected chi connectivity index (χ2v) is 3.32. The first-order valence-corrected chi connectivity index (χ1v) is 4.48. The van der Waals surface area contributed by atoms with Crippen LogP contribution in [0.25, 0.3) is 16.4 Å². The average molecular weight is 201 g/mol. The number of nitrogens with one attached hydrogen (secondary N) is 2. The first-order chi connectivity index (χ1) is 7.25. The standard InChI is InChI=1S/C10H7N3O2/c14-9-6-5-13-4-2-1-3-7(13)8(6)11-10(15)12-9/h1-5H,(H2,11,12,14,15). The quantitative estimate of drug-likeness (QED) is 0.555. The van der Waals surface area contributed by atoms with E-state index in [1.54, 1.807) is 10.6 Å². The molecule has 0 aliphatic rings. The van der Waals surface area contributed by atoms with Gasteiger partial charge in [-0.25, -0.2) is 4.79 Å². The summed E-state index contributed by atoms with van der Waals surface area (Å²) in [5, 5.41) is 0.487. The van der Waals surface area contributed by atoms with E-state index < -0.39 is 5.69 Å². The van der Waals surface area contributed by atoms with Crippen molar-refractivity contribution < 1.29 is 0 Å². The lowest BCUT2D eigenvalue weighted by atomic mass is 10.3. The zero-order valence-electron chi connectivity index (χ0n) is 7.65. The second-order valence-electron chi connectivity index (χ2n) is 3.32. The molecule has 0 saturated heterocycles. The zero-order chi connectivity index (χ0) is 10.4. The predicted molar refractivity (Wildman–Crippen MR) is 56.1 cm³/mol. The van der Waals surface area contributed by atoms with E-state index in [1.807, 2.05) is 24.4 Å². The van der Waals surface area contributed by atoms with Gasteiger partial charge < -0.3 is 9.38 Å². The molecule has 5 nitrogen and oxygen atoms in total. The number of fused-ring (bicyclic) bond motifs is 3. The lowest BCUT2D eigenvalue weighted by Crippen LogP contribution is -2.20. The Kier molecular flexibility index (Phi) is 1.39. The van der Waals surface area contributed by atoms with Gasteiger partial charge in [0.05, 0.1) is 16.4 Å². The van der Waals surface area contributed by atoms with Gasteiger partial charge in [-0.05, 0) is 12.1 Å². The van der Waals surface area contributed by atoms with Crippen molar-refractivity contribution >= 4 is 16.4 Å². The maximum absolute atomic E-state index is 11.5. The van der Waals surface area contributed by atoms with Gasteiger partial charge in [-0.1, -0.05) is 6.07 Å². The highest BCUT2D eigenvalue weighted by Crippen LogP contribution is 2.14. The molecule has 0 amide bonds. The molecule has 0 aromatic carbocycles. The van der Waals surface area contributed by atoms with Gasteiger partial charge in [0.15, 0.2) is 0 Å². The number of rotatable bonds is 0. The number of aromatic amines is 2. The van der Waals surface area contributed by atoms with Crippen molar-refractivity contribution in [2.75, 3.05) is 0 Å². The SMILES string of the molecule is O=c1[nH]c(=O)c2cn3ccccc3c2[nH]1. The third-order valence-corrected chi connectivity index (χ3v) is 2.39. The number of nitrogens with zero attached hydrogens (tertiary/aromatic N) is 1. The fourth-order valence-corrected chi connectivity index (χ4v) is 1.74. The highest BCUT2D eigenvalue weighted by atomic mass is 16.2. The minimum Gasteiger partial charge on any atom is -0.321 e. The van der Waals surface area contributed by atoms with Gasteiger partial charge in [0, 0.05) is 12.4 Å². The number of aromatic nitrogens is 3. The predicted octanol–water partition coefficient (Wildman–Crippen LogP) is 0.469. The molecule has 2 N–H and O–H groups in total. The van der Waals surface area contributed by atoms with Crippen LogP contribution in [0.5, 0.6) is 0 Å². The fourth-order valence-electron chi connectivity index (χ4n) is 1.74. The number of H-pyrrole nitrogens is 2. The van der Waals surface area contributed by atoms with Gasteiger partial charge in [0.2, 0.25) is 0 Å². The molecular weight excluding hydrogens is 194 g/mol. The second kappa shape index (κ2) is 2.60.